The molecule has 0 spiro atoms. The molecule has 1 fully saturated rings. The monoisotopic (exact) mass is 493 g/mol. The molecule has 1 aliphatic rings. The summed E-state index contributed by atoms with van der Waals surface area (Å²) in [5.41, 5.74) is 5.87. The number of carbonyl (C=O) groups excluding carboxylic acids is 3. The van der Waals surface area contributed by atoms with Gasteiger partial charge in [0.1, 0.15) is 6.04 Å². The van der Waals surface area contributed by atoms with E-state index in [1.807, 2.05) is 42.5 Å². The predicted octanol–water partition coefficient (Wildman–Crippen LogP) is 1.77. The maximum absolute atomic E-state index is 12.9. The number of carbonyl (C=O) groups is 3. The van der Waals surface area contributed by atoms with Crippen LogP contribution in [0.2, 0.25) is 0 Å². The fourth-order valence-electron chi connectivity index (χ4n) is 3.97. The van der Waals surface area contributed by atoms with Crippen molar-refractivity contribution in [2.24, 2.45) is 5.73 Å². The summed E-state index contributed by atoms with van der Waals surface area (Å²) in [6.07, 6.45) is 2.01. The van der Waals surface area contributed by atoms with E-state index in [-0.39, 0.29) is 24.1 Å². The highest BCUT2D eigenvalue weighted by Gasteiger charge is 2.33. The molecular weight excluding hydrogens is 465 g/mol. The fraction of sp³-hybridized carbons (Fsp3) is 0.409. The van der Waals surface area contributed by atoms with Gasteiger partial charge in [-0.1, -0.05) is 42.5 Å². The van der Waals surface area contributed by atoms with Crippen LogP contribution in [0.5, 0.6) is 0 Å². The van der Waals surface area contributed by atoms with Crippen molar-refractivity contribution in [3.63, 3.8) is 0 Å². The molecule has 2 aromatic rings. The Bertz CT molecular complexity index is 1080. The SMILES string of the molecule is NC(=O)C(CNC(=O)C1CCCCN1C(=O)CSCP(=O)(O)O)c1ccc2ccccc2c1. The number of nitrogens with one attached hydrogen (secondary N) is 1. The molecule has 0 saturated carbocycles. The van der Waals surface area contributed by atoms with E-state index in [0.29, 0.717) is 18.5 Å². The Kier molecular flexibility index (Phi) is 8.53. The van der Waals surface area contributed by atoms with Crippen LogP contribution >= 0.6 is 19.4 Å². The van der Waals surface area contributed by atoms with Crippen LogP contribution in [-0.4, -0.2) is 62.8 Å². The molecule has 33 heavy (non-hydrogen) atoms. The van der Waals surface area contributed by atoms with Crippen LogP contribution in [-0.2, 0) is 18.9 Å². The minimum atomic E-state index is -4.20. The van der Waals surface area contributed by atoms with E-state index in [9.17, 15) is 18.9 Å². The molecule has 2 atom stereocenters. The highest BCUT2D eigenvalue weighted by atomic mass is 32.2. The normalized spacial score (nSPS) is 17.5. The van der Waals surface area contributed by atoms with E-state index in [1.54, 1.807) is 0 Å². The summed E-state index contributed by atoms with van der Waals surface area (Å²) in [6.45, 7) is 0.412. The molecule has 3 rings (SSSR count). The lowest BCUT2D eigenvalue weighted by Crippen LogP contribution is -2.53. The van der Waals surface area contributed by atoms with E-state index in [1.165, 1.54) is 4.90 Å². The third kappa shape index (κ3) is 7.04. The summed E-state index contributed by atoms with van der Waals surface area (Å²) >= 11 is 0.849. The van der Waals surface area contributed by atoms with Crippen LogP contribution in [0.3, 0.4) is 0 Å². The Morgan fingerprint density at radius 2 is 1.88 bits per heavy atom. The van der Waals surface area contributed by atoms with Gasteiger partial charge in [-0.05, 0) is 35.6 Å². The van der Waals surface area contributed by atoms with Crippen molar-refractivity contribution in [3.05, 3.63) is 48.0 Å². The lowest BCUT2D eigenvalue weighted by atomic mass is 9.95. The first-order chi connectivity index (χ1) is 15.7. The Hall–Kier alpha value is -2.39. The average Bonchev–Trinajstić information content (AvgIpc) is 2.77. The predicted molar refractivity (Wildman–Crippen MR) is 128 cm³/mol. The lowest BCUT2D eigenvalue weighted by molar-refractivity contribution is -0.140. The second-order valence-electron chi connectivity index (χ2n) is 8.05. The summed E-state index contributed by atoms with van der Waals surface area (Å²) in [7, 11) is -4.20. The summed E-state index contributed by atoms with van der Waals surface area (Å²) in [6, 6.07) is 12.6. The first kappa shape index (κ1) is 25.2. The minimum absolute atomic E-state index is 0.0119. The van der Waals surface area contributed by atoms with E-state index in [4.69, 9.17) is 15.5 Å². The highest BCUT2D eigenvalue weighted by molar-refractivity contribution is 8.04. The number of nitrogens with zero attached hydrogens (tertiary/aromatic N) is 1. The Morgan fingerprint density at radius 1 is 1.15 bits per heavy atom. The molecule has 0 aliphatic carbocycles. The summed E-state index contributed by atoms with van der Waals surface area (Å²) in [4.78, 5) is 57.0. The van der Waals surface area contributed by atoms with Gasteiger partial charge in [0.2, 0.25) is 17.7 Å². The molecule has 9 nitrogen and oxygen atoms in total. The second-order valence-corrected chi connectivity index (χ2v) is 11.1. The van der Waals surface area contributed by atoms with E-state index >= 15 is 0 Å². The standard InChI is InChI=1S/C22H28N3O6PS/c23-21(27)18(17-9-8-15-5-1-2-6-16(15)11-17)12-24-22(28)19-7-3-4-10-25(19)20(26)13-33-14-32(29,30)31/h1-2,5-6,8-9,11,18-19H,3-4,7,10,12-14H2,(H2,23,27)(H,24,28)(H2,29,30,31). The summed E-state index contributed by atoms with van der Waals surface area (Å²) < 4.78 is 11.0. The molecular formula is C22H28N3O6PS. The molecule has 178 valence electrons. The first-order valence-electron chi connectivity index (χ1n) is 10.6. The van der Waals surface area contributed by atoms with Gasteiger partial charge in [0, 0.05) is 13.1 Å². The zero-order valence-corrected chi connectivity index (χ0v) is 19.8. The molecule has 0 aromatic heterocycles. The molecule has 1 aliphatic heterocycles. The number of hydrogen-bond donors (Lipinski definition) is 4. The molecule has 0 radical (unpaired) electrons. The van der Waals surface area contributed by atoms with Gasteiger partial charge in [-0.3, -0.25) is 18.9 Å². The number of likely N-dealkylation sites (tertiary alicyclic amines) is 1. The van der Waals surface area contributed by atoms with Gasteiger partial charge in [-0.15, -0.1) is 11.8 Å². The third-order valence-corrected chi connectivity index (χ3v) is 8.14. The van der Waals surface area contributed by atoms with E-state index < -0.39 is 31.0 Å². The van der Waals surface area contributed by atoms with Crippen molar-refractivity contribution in [2.75, 3.05) is 24.3 Å². The van der Waals surface area contributed by atoms with Crippen LogP contribution in [0.1, 0.15) is 30.7 Å². The molecule has 2 unspecified atom stereocenters. The van der Waals surface area contributed by atoms with Crippen molar-refractivity contribution < 1.29 is 28.7 Å². The lowest BCUT2D eigenvalue weighted by Gasteiger charge is -2.35. The minimum Gasteiger partial charge on any atom is -0.369 e. The third-order valence-electron chi connectivity index (χ3n) is 5.61. The fourth-order valence-corrected chi connectivity index (χ4v) is 5.62. The van der Waals surface area contributed by atoms with Gasteiger partial charge >= 0.3 is 7.60 Å². The summed E-state index contributed by atoms with van der Waals surface area (Å²) in [5, 5.41) is 4.77. The maximum Gasteiger partial charge on any atom is 0.335 e. The Morgan fingerprint density at radius 3 is 2.58 bits per heavy atom. The van der Waals surface area contributed by atoms with Gasteiger partial charge in [0.05, 0.1) is 17.2 Å². The molecule has 3 amide bonds. The van der Waals surface area contributed by atoms with Crippen molar-refractivity contribution in [2.45, 2.75) is 31.2 Å². The molecule has 0 bridgehead atoms. The molecule has 11 heteroatoms. The Balaban J connectivity index is 1.65. The van der Waals surface area contributed by atoms with Crippen LogP contribution in [0.25, 0.3) is 10.8 Å². The molecule has 5 N–H and O–H groups in total. The van der Waals surface area contributed by atoms with E-state index in [0.717, 1.165) is 35.4 Å². The number of hydrogen-bond acceptors (Lipinski definition) is 5. The van der Waals surface area contributed by atoms with Crippen molar-refractivity contribution in [1.29, 1.82) is 0 Å². The number of piperidine rings is 1. The number of amides is 3. The maximum atomic E-state index is 12.9. The second kappa shape index (κ2) is 11.2. The molecule has 2 aromatic carbocycles. The number of rotatable bonds is 9. The highest BCUT2D eigenvalue weighted by Crippen LogP contribution is 2.38. The summed E-state index contributed by atoms with van der Waals surface area (Å²) in [5.74, 6) is -2.10. The number of thioether (sulfide) groups is 1. The van der Waals surface area contributed by atoms with Crippen molar-refractivity contribution >= 4 is 47.9 Å². The van der Waals surface area contributed by atoms with Crippen LogP contribution in [0, 0.1) is 0 Å². The molecule has 1 heterocycles. The van der Waals surface area contributed by atoms with Crippen molar-refractivity contribution in [3.8, 4) is 0 Å². The zero-order valence-electron chi connectivity index (χ0n) is 18.1. The number of nitrogens with two attached hydrogens (primary N) is 1. The number of fused-ring (bicyclic) bond motifs is 1. The van der Waals surface area contributed by atoms with Gasteiger partial charge in [-0.2, -0.15) is 0 Å². The average molecular weight is 494 g/mol. The smallest absolute Gasteiger partial charge is 0.335 e. The quantitative estimate of drug-likeness (QED) is 0.389. The van der Waals surface area contributed by atoms with Gasteiger partial charge in [-0.25, -0.2) is 0 Å². The van der Waals surface area contributed by atoms with Crippen LogP contribution in [0.15, 0.2) is 42.5 Å². The number of primary amides is 1. The van der Waals surface area contributed by atoms with Crippen LogP contribution < -0.4 is 11.1 Å². The molecule has 1 saturated heterocycles. The topological polar surface area (TPSA) is 150 Å². The first-order valence-corrected chi connectivity index (χ1v) is 13.6. The Labute approximate surface area is 196 Å². The van der Waals surface area contributed by atoms with Crippen LogP contribution in [0.4, 0.5) is 0 Å². The van der Waals surface area contributed by atoms with E-state index in [2.05, 4.69) is 5.32 Å². The van der Waals surface area contributed by atoms with Gasteiger partial charge < -0.3 is 25.7 Å². The van der Waals surface area contributed by atoms with Gasteiger partial charge in [0.25, 0.3) is 0 Å². The zero-order chi connectivity index (χ0) is 24.0. The largest absolute Gasteiger partial charge is 0.369 e. The van der Waals surface area contributed by atoms with Gasteiger partial charge in [0.15, 0.2) is 0 Å². The van der Waals surface area contributed by atoms with Crippen molar-refractivity contribution in [1.82, 2.24) is 10.2 Å². The number of benzene rings is 2.